The highest BCUT2D eigenvalue weighted by Gasteiger charge is 2.35. The largest absolute Gasteiger partial charge is 0.390 e. The van der Waals surface area contributed by atoms with Crippen LogP contribution in [-0.2, 0) is 14.8 Å². The minimum absolute atomic E-state index is 0.0887. The Morgan fingerprint density at radius 1 is 1.55 bits per heavy atom. The third kappa shape index (κ3) is 3.54. The number of sulfonamides is 1. The van der Waals surface area contributed by atoms with Crippen LogP contribution >= 0.6 is 0 Å². The number of hydrogen-bond acceptors (Lipinski definition) is 6. The van der Waals surface area contributed by atoms with Crippen LogP contribution in [0.25, 0.3) is 0 Å². The van der Waals surface area contributed by atoms with Crippen molar-refractivity contribution in [3.05, 3.63) is 33.1 Å². The maximum Gasteiger partial charge on any atom is 0.330 e. The van der Waals surface area contributed by atoms with E-state index in [2.05, 4.69) is 9.71 Å². The van der Waals surface area contributed by atoms with Crippen molar-refractivity contribution < 1.29 is 18.3 Å². The van der Waals surface area contributed by atoms with Crippen LogP contribution in [0.2, 0.25) is 0 Å². The zero-order chi connectivity index (χ0) is 14.9. The number of aliphatic hydroxyl groups is 1. The summed E-state index contributed by atoms with van der Waals surface area (Å²) in [4.78, 5) is 24.6. The van der Waals surface area contributed by atoms with Crippen LogP contribution in [0.5, 0.6) is 0 Å². The molecule has 0 bridgehead atoms. The van der Waals surface area contributed by atoms with Crippen molar-refractivity contribution in [1.82, 2.24) is 14.3 Å². The van der Waals surface area contributed by atoms with Crippen LogP contribution in [0, 0.1) is 0 Å². The first-order valence-electron chi connectivity index (χ1n) is 5.86. The highest BCUT2D eigenvalue weighted by atomic mass is 32.2. The van der Waals surface area contributed by atoms with Gasteiger partial charge in [-0.3, -0.25) is 14.3 Å². The second kappa shape index (κ2) is 5.48. The molecule has 0 spiro atoms. The van der Waals surface area contributed by atoms with E-state index >= 15 is 0 Å². The molecule has 3 atom stereocenters. The topological polar surface area (TPSA) is 130 Å². The Morgan fingerprint density at radius 3 is 2.85 bits per heavy atom. The molecule has 10 heteroatoms. The van der Waals surface area contributed by atoms with Crippen molar-refractivity contribution in [1.29, 1.82) is 0 Å². The van der Waals surface area contributed by atoms with Gasteiger partial charge in [0, 0.05) is 25.2 Å². The van der Waals surface area contributed by atoms with Gasteiger partial charge in [-0.2, -0.15) is 0 Å². The standard InChI is InChI=1S/C10H15N3O6S/c1-20(17,18)11-5-7-6(14)4-9(19-7)13-3-2-8(15)12-10(13)16/h2-3,6-7,9,11,14H,4-5H2,1H3,(H,12,15,16). The SMILES string of the molecule is CS(=O)(=O)NCC1OC(n2ccc(=O)[nH]c2=O)CC1O. The van der Waals surface area contributed by atoms with E-state index in [1.165, 1.54) is 12.3 Å². The summed E-state index contributed by atoms with van der Waals surface area (Å²) in [7, 11) is -3.39. The Hall–Kier alpha value is -1.49. The summed E-state index contributed by atoms with van der Waals surface area (Å²) in [6.07, 6.45) is -0.0204. The summed E-state index contributed by atoms with van der Waals surface area (Å²) in [6.45, 7) is -0.0887. The predicted molar refractivity (Wildman–Crippen MR) is 68.7 cm³/mol. The number of rotatable bonds is 4. The molecule has 2 rings (SSSR count). The molecule has 1 fully saturated rings. The zero-order valence-corrected chi connectivity index (χ0v) is 11.5. The molecule has 1 saturated heterocycles. The molecular formula is C10H15N3O6S. The Bertz CT molecular complexity index is 693. The number of H-pyrrole nitrogens is 1. The van der Waals surface area contributed by atoms with E-state index in [-0.39, 0.29) is 13.0 Å². The number of ether oxygens (including phenoxy) is 1. The van der Waals surface area contributed by atoms with Gasteiger partial charge in [0.05, 0.1) is 18.5 Å². The van der Waals surface area contributed by atoms with Crippen LogP contribution < -0.4 is 16.0 Å². The van der Waals surface area contributed by atoms with Crippen LogP contribution in [0.15, 0.2) is 21.9 Å². The van der Waals surface area contributed by atoms with E-state index < -0.39 is 39.7 Å². The average Bonchev–Trinajstić information content (AvgIpc) is 2.67. The van der Waals surface area contributed by atoms with Gasteiger partial charge in [0.1, 0.15) is 6.23 Å². The summed E-state index contributed by atoms with van der Waals surface area (Å²) in [6, 6.07) is 1.17. The number of hydrogen-bond donors (Lipinski definition) is 3. The van der Waals surface area contributed by atoms with E-state index in [0.717, 1.165) is 10.8 Å². The first-order chi connectivity index (χ1) is 9.26. The van der Waals surface area contributed by atoms with Gasteiger partial charge in [-0.05, 0) is 0 Å². The lowest BCUT2D eigenvalue weighted by molar-refractivity contribution is -0.0168. The lowest BCUT2D eigenvalue weighted by atomic mass is 10.2. The zero-order valence-electron chi connectivity index (χ0n) is 10.6. The lowest BCUT2D eigenvalue weighted by Crippen LogP contribution is -2.36. The number of nitrogens with zero attached hydrogens (tertiary/aromatic N) is 1. The first-order valence-corrected chi connectivity index (χ1v) is 7.75. The molecule has 0 aliphatic carbocycles. The van der Waals surface area contributed by atoms with Gasteiger partial charge in [0.2, 0.25) is 10.0 Å². The van der Waals surface area contributed by atoms with Crippen LogP contribution in [0.1, 0.15) is 12.6 Å². The van der Waals surface area contributed by atoms with E-state index in [1.807, 2.05) is 0 Å². The second-order valence-electron chi connectivity index (χ2n) is 4.57. The maximum absolute atomic E-state index is 11.6. The molecule has 0 saturated carbocycles. The van der Waals surface area contributed by atoms with Crippen molar-refractivity contribution in [3.8, 4) is 0 Å². The number of nitrogens with one attached hydrogen (secondary N) is 2. The molecule has 0 radical (unpaired) electrons. The number of aromatic nitrogens is 2. The fourth-order valence-corrected chi connectivity index (χ4v) is 2.42. The van der Waals surface area contributed by atoms with Crippen LogP contribution in [-0.4, -0.2) is 48.1 Å². The van der Waals surface area contributed by atoms with Gasteiger partial charge in [0.15, 0.2) is 0 Å². The quantitative estimate of drug-likeness (QED) is 0.575. The Balaban J connectivity index is 2.10. The minimum atomic E-state index is -3.39. The molecule has 112 valence electrons. The van der Waals surface area contributed by atoms with Gasteiger partial charge in [-0.1, -0.05) is 0 Å². The van der Waals surface area contributed by atoms with Crippen LogP contribution in [0.4, 0.5) is 0 Å². The Kier molecular flexibility index (Phi) is 4.09. The molecule has 1 aromatic heterocycles. The fraction of sp³-hybridized carbons (Fsp3) is 0.600. The summed E-state index contributed by atoms with van der Waals surface area (Å²) >= 11 is 0. The van der Waals surface area contributed by atoms with Crippen molar-refractivity contribution >= 4 is 10.0 Å². The molecule has 1 aromatic rings. The molecule has 0 amide bonds. The first kappa shape index (κ1) is 14.9. The predicted octanol–water partition coefficient (Wildman–Crippen LogP) is -2.27. The third-order valence-electron chi connectivity index (χ3n) is 2.91. The van der Waals surface area contributed by atoms with Crippen molar-refractivity contribution in [2.24, 2.45) is 0 Å². The van der Waals surface area contributed by atoms with E-state index in [0.29, 0.717) is 0 Å². The van der Waals surface area contributed by atoms with Crippen molar-refractivity contribution in [3.63, 3.8) is 0 Å². The summed E-state index contributed by atoms with van der Waals surface area (Å²) in [5.41, 5.74) is -1.17. The molecule has 3 N–H and O–H groups in total. The lowest BCUT2D eigenvalue weighted by Gasteiger charge is -2.15. The van der Waals surface area contributed by atoms with Crippen LogP contribution in [0.3, 0.4) is 0 Å². The summed E-state index contributed by atoms with van der Waals surface area (Å²) in [5.74, 6) is 0. The molecule has 9 nitrogen and oxygen atoms in total. The van der Waals surface area contributed by atoms with Gasteiger partial charge >= 0.3 is 5.69 Å². The normalized spacial score (nSPS) is 26.8. The van der Waals surface area contributed by atoms with E-state index in [1.54, 1.807) is 0 Å². The summed E-state index contributed by atoms with van der Waals surface area (Å²) in [5, 5.41) is 9.82. The molecule has 1 aliphatic rings. The molecule has 3 unspecified atom stereocenters. The molecule has 20 heavy (non-hydrogen) atoms. The average molecular weight is 305 g/mol. The van der Waals surface area contributed by atoms with Gasteiger partial charge in [-0.15, -0.1) is 0 Å². The fourth-order valence-electron chi connectivity index (χ4n) is 1.96. The highest BCUT2D eigenvalue weighted by Crippen LogP contribution is 2.27. The number of aliphatic hydroxyl groups excluding tert-OH is 1. The summed E-state index contributed by atoms with van der Waals surface area (Å²) < 4.78 is 30.8. The van der Waals surface area contributed by atoms with E-state index in [4.69, 9.17) is 4.74 Å². The molecular weight excluding hydrogens is 290 g/mol. The maximum atomic E-state index is 11.6. The number of aromatic amines is 1. The minimum Gasteiger partial charge on any atom is -0.390 e. The highest BCUT2D eigenvalue weighted by molar-refractivity contribution is 7.88. The Labute approximate surface area is 114 Å². The van der Waals surface area contributed by atoms with Crippen molar-refractivity contribution in [2.75, 3.05) is 12.8 Å². The van der Waals surface area contributed by atoms with Gasteiger partial charge in [-0.25, -0.2) is 17.9 Å². The Morgan fingerprint density at radius 2 is 2.25 bits per heavy atom. The van der Waals surface area contributed by atoms with Crippen molar-refractivity contribution in [2.45, 2.75) is 24.9 Å². The van der Waals surface area contributed by atoms with E-state index in [9.17, 15) is 23.1 Å². The third-order valence-corrected chi connectivity index (χ3v) is 3.60. The monoisotopic (exact) mass is 305 g/mol. The second-order valence-corrected chi connectivity index (χ2v) is 6.40. The molecule has 0 aromatic carbocycles. The van der Waals surface area contributed by atoms with Gasteiger partial charge < -0.3 is 9.84 Å². The van der Waals surface area contributed by atoms with Gasteiger partial charge in [0.25, 0.3) is 5.56 Å². The smallest absolute Gasteiger partial charge is 0.330 e. The molecule has 2 heterocycles. The molecule has 1 aliphatic heterocycles.